The number of rotatable bonds is 9. The molecule has 0 atom stereocenters. The van der Waals surface area contributed by atoms with Gasteiger partial charge in [-0.25, -0.2) is 0 Å². The monoisotopic (exact) mass is 338 g/mol. The van der Waals surface area contributed by atoms with Crippen LogP contribution in [0.15, 0.2) is 0 Å². The summed E-state index contributed by atoms with van der Waals surface area (Å²) in [5.41, 5.74) is 0. The summed E-state index contributed by atoms with van der Waals surface area (Å²) in [6.45, 7) is 23.3. The molecule has 0 aliphatic heterocycles. The van der Waals surface area contributed by atoms with E-state index in [4.69, 9.17) is 8.85 Å². The second-order valence-electron chi connectivity index (χ2n) is 7.24. The molecule has 0 aromatic heterocycles. The molecule has 0 heterocycles. The highest BCUT2D eigenvalue weighted by molar-refractivity contribution is 8.18. The van der Waals surface area contributed by atoms with Gasteiger partial charge in [0.05, 0.1) is 15.5 Å². The molecule has 0 aromatic carbocycles. The molecule has 0 N–H and O–H groups in total. The zero-order valence-corrected chi connectivity index (χ0v) is 18.5. The van der Waals surface area contributed by atoms with Crippen molar-refractivity contribution in [3.05, 3.63) is 0 Å². The summed E-state index contributed by atoms with van der Waals surface area (Å²) in [4.78, 5) is 0. The average molecular weight is 339 g/mol. The van der Waals surface area contributed by atoms with Gasteiger partial charge in [0.15, 0.2) is 0 Å². The maximum Gasteiger partial charge on any atom is 0.335 e. The van der Waals surface area contributed by atoms with Gasteiger partial charge in [0.25, 0.3) is 0 Å². The van der Waals surface area contributed by atoms with Crippen LogP contribution >= 0.6 is 7.02 Å². The molecule has 0 aromatic rings. The topological polar surface area (TPSA) is 18.5 Å². The lowest BCUT2D eigenvalue weighted by molar-refractivity contribution is 0.190. The van der Waals surface area contributed by atoms with Crippen LogP contribution in [0.2, 0.25) is 51.9 Å². The van der Waals surface area contributed by atoms with Crippen LogP contribution in [0.1, 0.15) is 13.8 Å². The SMILES string of the molecule is CCO[Si](C)(CCP([Si](C)(C)C)[Si](C)(C)C)OCC. The third-order valence-corrected chi connectivity index (χ3v) is 33.7. The van der Waals surface area contributed by atoms with Gasteiger partial charge >= 0.3 is 8.56 Å². The molecule has 0 aliphatic rings. The van der Waals surface area contributed by atoms with E-state index in [1.165, 1.54) is 12.2 Å². The van der Waals surface area contributed by atoms with Gasteiger partial charge in [-0.15, -0.1) is 7.02 Å². The molecular formula is C13H35O2PSi3. The maximum absolute atomic E-state index is 6.00. The smallest absolute Gasteiger partial charge is 0.335 e. The lowest BCUT2D eigenvalue weighted by Gasteiger charge is -2.41. The van der Waals surface area contributed by atoms with E-state index in [1.54, 1.807) is 0 Å². The molecule has 0 rings (SSSR count). The molecule has 0 bridgehead atoms. The van der Waals surface area contributed by atoms with Crippen molar-refractivity contribution in [2.75, 3.05) is 19.4 Å². The predicted octanol–water partition coefficient (Wildman–Crippen LogP) is 5.28. The maximum atomic E-state index is 6.00. The van der Waals surface area contributed by atoms with E-state index in [0.717, 1.165) is 13.2 Å². The van der Waals surface area contributed by atoms with Crippen molar-refractivity contribution in [3.8, 4) is 0 Å². The van der Waals surface area contributed by atoms with Crippen LogP contribution in [0, 0.1) is 0 Å². The van der Waals surface area contributed by atoms with Gasteiger partial charge in [-0.05, 0) is 32.6 Å². The number of hydrogen-bond acceptors (Lipinski definition) is 2. The summed E-state index contributed by atoms with van der Waals surface area (Å²) >= 11 is 0. The van der Waals surface area contributed by atoms with Gasteiger partial charge in [-0.2, -0.15) is 0 Å². The third-order valence-electron chi connectivity index (χ3n) is 3.31. The highest BCUT2D eigenvalue weighted by Crippen LogP contribution is 2.55. The van der Waals surface area contributed by atoms with Gasteiger partial charge in [-0.1, -0.05) is 39.3 Å². The van der Waals surface area contributed by atoms with Crippen molar-refractivity contribution in [1.29, 1.82) is 0 Å². The van der Waals surface area contributed by atoms with Crippen molar-refractivity contribution in [3.63, 3.8) is 0 Å². The largest absolute Gasteiger partial charge is 0.395 e. The fraction of sp³-hybridized carbons (Fsp3) is 1.00. The standard InChI is InChI=1S/C13H35O2PSi3/c1-10-14-19(9,15-11-2)13-12-16(17(3,4)5)18(6,7)8/h10-13H2,1-9H3. The molecule has 0 aliphatic carbocycles. The quantitative estimate of drug-likeness (QED) is 0.420. The zero-order chi connectivity index (χ0) is 15.3. The summed E-state index contributed by atoms with van der Waals surface area (Å²) in [7, 11) is -3.75. The first-order chi connectivity index (χ1) is 8.46. The Labute approximate surface area is 125 Å². The van der Waals surface area contributed by atoms with Crippen LogP contribution < -0.4 is 0 Å². The van der Waals surface area contributed by atoms with E-state index < -0.39 is 24.0 Å². The fourth-order valence-corrected chi connectivity index (χ4v) is 40.4. The Morgan fingerprint density at radius 3 is 1.37 bits per heavy atom. The van der Waals surface area contributed by atoms with E-state index >= 15 is 0 Å². The van der Waals surface area contributed by atoms with Crippen LogP contribution in [0.4, 0.5) is 0 Å². The molecule has 6 heteroatoms. The van der Waals surface area contributed by atoms with Crippen LogP contribution in [0.25, 0.3) is 0 Å². The molecule has 0 unspecified atom stereocenters. The predicted molar refractivity (Wildman–Crippen MR) is 98.2 cm³/mol. The molecule has 116 valence electrons. The second kappa shape index (κ2) is 7.85. The number of hydrogen-bond donors (Lipinski definition) is 0. The Morgan fingerprint density at radius 2 is 1.11 bits per heavy atom. The highest BCUT2D eigenvalue weighted by Gasteiger charge is 2.39. The molecule has 0 saturated heterocycles. The van der Waals surface area contributed by atoms with Crippen LogP contribution in [0.3, 0.4) is 0 Å². The minimum absolute atomic E-state index is 0.224. The Bertz CT molecular complexity index is 242. The second-order valence-corrected chi connectivity index (χ2v) is 33.2. The van der Waals surface area contributed by atoms with Crippen molar-refractivity contribution in [2.45, 2.75) is 65.7 Å². The molecule has 0 saturated carbocycles. The van der Waals surface area contributed by atoms with Crippen molar-refractivity contribution < 1.29 is 8.85 Å². The lowest BCUT2D eigenvalue weighted by Crippen LogP contribution is -2.42. The van der Waals surface area contributed by atoms with Crippen LogP contribution in [-0.2, 0) is 8.85 Å². The van der Waals surface area contributed by atoms with Gasteiger partial charge in [-0.3, -0.25) is 0 Å². The third kappa shape index (κ3) is 7.53. The van der Waals surface area contributed by atoms with Crippen LogP contribution in [0.5, 0.6) is 0 Å². The first-order valence-corrected chi connectivity index (χ1v) is 20.3. The lowest BCUT2D eigenvalue weighted by atomic mass is 10.9. The first kappa shape index (κ1) is 20.0. The van der Waals surface area contributed by atoms with E-state index in [1.807, 2.05) is 0 Å². The molecule has 0 spiro atoms. The Kier molecular flexibility index (Phi) is 8.27. The van der Waals surface area contributed by atoms with E-state index in [2.05, 4.69) is 59.7 Å². The van der Waals surface area contributed by atoms with Crippen molar-refractivity contribution in [1.82, 2.24) is 0 Å². The van der Waals surface area contributed by atoms with E-state index in [-0.39, 0.29) is 7.02 Å². The Hall–Kier alpha value is 1.00. The molecule has 0 radical (unpaired) electrons. The fourth-order valence-electron chi connectivity index (χ4n) is 2.79. The molecule has 0 amide bonds. The normalized spacial score (nSPS) is 14.2. The van der Waals surface area contributed by atoms with Gasteiger partial charge < -0.3 is 8.85 Å². The van der Waals surface area contributed by atoms with Crippen molar-refractivity contribution >= 4 is 31.1 Å². The van der Waals surface area contributed by atoms with Gasteiger partial charge in [0, 0.05) is 13.2 Å². The van der Waals surface area contributed by atoms with E-state index in [9.17, 15) is 0 Å². The van der Waals surface area contributed by atoms with Gasteiger partial charge in [0.2, 0.25) is 0 Å². The summed E-state index contributed by atoms with van der Waals surface area (Å²) in [6.07, 6.45) is 1.38. The molecular weight excluding hydrogens is 303 g/mol. The Balaban J connectivity index is 4.78. The summed E-state index contributed by atoms with van der Waals surface area (Å²) in [6, 6.07) is 1.19. The van der Waals surface area contributed by atoms with Crippen molar-refractivity contribution in [2.24, 2.45) is 0 Å². The summed E-state index contributed by atoms with van der Waals surface area (Å²) in [5, 5.41) is 0. The summed E-state index contributed by atoms with van der Waals surface area (Å²) in [5.74, 6) is 0. The minimum atomic E-state index is -1.91. The molecule has 19 heavy (non-hydrogen) atoms. The van der Waals surface area contributed by atoms with E-state index in [0.29, 0.717) is 0 Å². The van der Waals surface area contributed by atoms with Crippen LogP contribution in [-0.4, -0.2) is 43.4 Å². The summed E-state index contributed by atoms with van der Waals surface area (Å²) < 4.78 is 12.0. The highest BCUT2D eigenvalue weighted by atomic mass is 31.6. The minimum Gasteiger partial charge on any atom is -0.395 e. The van der Waals surface area contributed by atoms with Gasteiger partial charge in [0.1, 0.15) is 0 Å². The molecule has 0 fully saturated rings. The average Bonchev–Trinajstić information content (AvgIpc) is 2.13. The zero-order valence-electron chi connectivity index (χ0n) is 14.6. The Morgan fingerprint density at radius 1 is 0.737 bits per heavy atom. The first-order valence-electron chi connectivity index (χ1n) is 7.52. The molecule has 2 nitrogen and oxygen atoms in total.